The zero-order chi connectivity index (χ0) is 22.4. The van der Waals surface area contributed by atoms with Gasteiger partial charge in [-0.25, -0.2) is 18.1 Å². The van der Waals surface area contributed by atoms with E-state index in [-0.39, 0.29) is 16.7 Å². The number of thioether (sulfide) groups is 1. The summed E-state index contributed by atoms with van der Waals surface area (Å²) in [5.74, 6) is 0.962. The lowest BCUT2D eigenvalue weighted by Crippen LogP contribution is -2.41. The molecule has 1 fully saturated rings. The Balaban J connectivity index is 1.57. The molecule has 2 aromatic rings. The number of carbonyl (C=O) groups excluding carboxylic acids is 1. The second-order valence-corrected chi connectivity index (χ2v) is 9.73. The van der Waals surface area contributed by atoms with Crippen LogP contribution < -0.4 is 14.2 Å². The molecule has 0 atom stereocenters. The standard InChI is InChI=1S/C21H27N3O5S2/c1-28-18-7-6-16(13-19(18)29-2)31(26,27)23-14-15-8-11-24(12-9-15)21(25)17-5-4-10-22-20(17)30-3/h4-7,10,13,15,23H,8-9,11-12,14H2,1-3H3. The van der Waals surface area contributed by atoms with Crippen LogP contribution in [-0.4, -0.2) is 64.3 Å². The average Bonchev–Trinajstić information content (AvgIpc) is 2.82. The molecule has 8 nitrogen and oxygen atoms in total. The molecule has 0 spiro atoms. The highest BCUT2D eigenvalue weighted by Crippen LogP contribution is 2.29. The van der Waals surface area contributed by atoms with Gasteiger partial charge in [0.25, 0.3) is 5.91 Å². The van der Waals surface area contributed by atoms with Crippen LogP contribution in [0, 0.1) is 5.92 Å². The Labute approximate surface area is 187 Å². The number of likely N-dealkylation sites (tertiary alicyclic amines) is 1. The highest BCUT2D eigenvalue weighted by molar-refractivity contribution is 7.98. The molecule has 1 aromatic heterocycles. The minimum Gasteiger partial charge on any atom is -0.493 e. The summed E-state index contributed by atoms with van der Waals surface area (Å²) >= 11 is 1.45. The van der Waals surface area contributed by atoms with Gasteiger partial charge in [0.05, 0.1) is 24.7 Å². The van der Waals surface area contributed by atoms with Crippen LogP contribution in [0.1, 0.15) is 23.2 Å². The summed E-state index contributed by atoms with van der Waals surface area (Å²) in [6.07, 6.45) is 5.04. The van der Waals surface area contributed by atoms with Crippen molar-refractivity contribution in [2.45, 2.75) is 22.8 Å². The third-order valence-corrected chi connectivity index (χ3v) is 7.46. The van der Waals surface area contributed by atoms with Gasteiger partial charge in [-0.2, -0.15) is 0 Å². The number of benzene rings is 1. The second kappa shape index (κ2) is 10.3. The summed E-state index contributed by atoms with van der Waals surface area (Å²) < 4.78 is 38.4. The number of aromatic nitrogens is 1. The summed E-state index contributed by atoms with van der Waals surface area (Å²) in [6, 6.07) is 8.06. The number of hydrogen-bond acceptors (Lipinski definition) is 7. The number of methoxy groups -OCH3 is 2. The molecule has 0 saturated carbocycles. The van der Waals surface area contributed by atoms with E-state index in [0.717, 1.165) is 17.9 Å². The molecular weight excluding hydrogens is 438 g/mol. The van der Waals surface area contributed by atoms with E-state index in [0.29, 0.717) is 36.7 Å². The second-order valence-electron chi connectivity index (χ2n) is 7.16. The molecule has 0 unspecified atom stereocenters. The van der Waals surface area contributed by atoms with Gasteiger partial charge >= 0.3 is 0 Å². The van der Waals surface area contributed by atoms with E-state index in [9.17, 15) is 13.2 Å². The minimum atomic E-state index is -3.68. The van der Waals surface area contributed by atoms with Crippen molar-refractivity contribution in [3.8, 4) is 11.5 Å². The maximum atomic E-state index is 12.8. The fourth-order valence-corrected chi connectivity index (χ4v) is 5.19. The molecular formula is C21H27N3O5S2. The fourth-order valence-electron chi connectivity index (χ4n) is 3.52. The third-order valence-electron chi connectivity index (χ3n) is 5.32. The van der Waals surface area contributed by atoms with E-state index in [1.807, 2.05) is 11.2 Å². The number of sulfonamides is 1. The summed E-state index contributed by atoms with van der Waals surface area (Å²) in [4.78, 5) is 19.0. The molecule has 1 aromatic carbocycles. The number of nitrogens with one attached hydrogen (secondary N) is 1. The topological polar surface area (TPSA) is 97.8 Å². The van der Waals surface area contributed by atoms with Gasteiger partial charge in [0, 0.05) is 31.9 Å². The molecule has 1 amide bonds. The van der Waals surface area contributed by atoms with Gasteiger partial charge in [0.1, 0.15) is 5.03 Å². The van der Waals surface area contributed by atoms with E-state index < -0.39 is 10.0 Å². The molecule has 10 heteroatoms. The number of pyridine rings is 1. The first-order valence-electron chi connectivity index (χ1n) is 9.89. The molecule has 0 aliphatic carbocycles. The van der Waals surface area contributed by atoms with Gasteiger partial charge in [-0.05, 0) is 49.3 Å². The highest BCUT2D eigenvalue weighted by atomic mass is 32.2. The predicted molar refractivity (Wildman–Crippen MR) is 119 cm³/mol. The Morgan fingerprint density at radius 2 is 1.90 bits per heavy atom. The summed E-state index contributed by atoms with van der Waals surface area (Å²) in [6.45, 7) is 1.50. The Bertz CT molecular complexity index is 1020. The maximum Gasteiger partial charge on any atom is 0.256 e. The molecule has 2 heterocycles. The van der Waals surface area contributed by atoms with E-state index in [1.165, 1.54) is 38.1 Å². The van der Waals surface area contributed by atoms with Crippen LogP contribution in [-0.2, 0) is 10.0 Å². The van der Waals surface area contributed by atoms with Gasteiger partial charge < -0.3 is 14.4 Å². The third kappa shape index (κ3) is 5.50. The van der Waals surface area contributed by atoms with Gasteiger partial charge in [0.15, 0.2) is 11.5 Å². The number of hydrogen-bond donors (Lipinski definition) is 1. The van der Waals surface area contributed by atoms with Crippen molar-refractivity contribution in [2.75, 3.05) is 40.1 Å². The lowest BCUT2D eigenvalue weighted by molar-refractivity contribution is 0.0687. The molecule has 3 rings (SSSR count). The zero-order valence-electron chi connectivity index (χ0n) is 17.8. The average molecular weight is 466 g/mol. The first-order valence-corrected chi connectivity index (χ1v) is 12.6. The summed E-state index contributed by atoms with van der Waals surface area (Å²) in [5, 5.41) is 0.720. The van der Waals surface area contributed by atoms with E-state index in [1.54, 1.807) is 24.4 Å². The van der Waals surface area contributed by atoms with Crippen molar-refractivity contribution < 1.29 is 22.7 Å². The fraction of sp³-hybridized carbons (Fsp3) is 0.429. The van der Waals surface area contributed by atoms with Crippen LogP contribution in [0.2, 0.25) is 0 Å². The zero-order valence-corrected chi connectivity index (χ0v) is 19.5. The number of ether oxygens (including phenoxy) is 2. The van der Waals surface area contributed by atoms with Gasteiger partial charge in [-0.1, -0.05) is 0 Å². The quantitative estimate of drug-likeness (QED) is 0.599. The van der Waals surface area contributed by atoms with E-state index >= 15 is 0 Å². The minimum absolute atomic E-state index is 0.0261. The molecule has 0 bridgehead atoms. The van der Waals surface area contributed by atoms with Crippen molar-refractivity contribution >= 4 is 27.7 Å². The number of rotatable bonds is 8. The molecule has 31 heavy (non-hydrogen) atoms. The van der Waals surface area contributed by atoms with Crippen molar-refractivity contribution in [2.24, 2.45) is 5.92 Å². The van der Waals surface area contributed by atoms with Crippen LogP contribution in [0.5, 0.6) is 11.5 Å². The lowest BCUT2D eigenvalue weighted by atomic mass is 9.97. The number of amides is 1. The summed E-state index contributed by atoms with van der Waals surface area (Å²) in [7, 11) is -0.716. The molecule has 1 aliphatic heterocycles. The smallest absolute Gasteiger partial charge is 0.256 e. The SMILES string of the molecule is COc1ccc(S(=O)(=O)NCC2CCN(C(=O)c3cccnc3SC)CC2)cc1OC. The van der Waals surface area contributed by atoms with Crippen LogP contribution in [0.15, 0.2) is 46.5 Å². The van der Waals surface area contributed by atoms with Gasteiger partial charge in [-0.15, -0.1) is 11.8 Å². The van der Waals surface area contributed by atoms with Crippen LogP contribution in [0.25, 0.3) is 0 Å². The van der Waals surface area contributed by atoms with Crippen molar-refractivity contribution in [3.63, 3.8) is 0 Å². The Morgan fingerprint density at radius 1 is 1.19 bits per heavy atom. The molecule has 1 saturated heterocycles. The monoisotopic (exact) mass is 465 g/mol. The number of piperidine rings is 1. The van der Waals surface area contributed by atoms with Crippen molar-refractivity contribution in [1.29, 1.82) is 0 Å². The van der Waals surface area contributed by atoms with Crippen molar-refractivity contribution in [3.05, 3.63) is 42.1 Å². The highest BCUT2D eigenvalue weighted by Gasteiger charge is 2.26. The predicted octanol–water partition coefficient (Wildman–Crippen LogP) is 2.65. The Kier molecular flexibility index (Phi) is 7.79. The number of carbonyl (C=O) groups is 1. The first kappa shape index (κ1) is 23.4. The molecule has 168 valence electrons. The largest absolute Gasteiger partial charge is 0.493 e. The van der Waals surface area contributed by atoms with Crippen LogP contribution in [0.4, 0.5) is 0 Å². The molecule has 0 radical (unpaired) electrons. The number of nitrogens with zero attached hydrogens (tertiary/aromatic N) is 2. The maximum absolute atomic E-state index is 12.8. The van der Waals surface area contributed by atoms with Crippen LogP contribution >= 0.6 is 11.8 Å². The Hall–Kier alpha value is -2.30. The van der Waals surface area contributed by atoms with Gasteiger partial charge in [-0.3, -0.25) is 4.79 Å². The van der Waals surface area contributed by atoms with E-state index in [2.05, 4.69) is 9.71 Å². The molecule has 1 N–H and O–H groups in total. The molecule has 1 aliphatic rings. The van der Waals surface area contributed by atoms with E-state index in [4.69, 9.17) is 9.47 Å². The summed E-state index contributed by atoms with van der Waals surface area (Å²) in [5.41, 5.74) is 0.614. The van der Waals surface area contributed by atoms with Gasteiger partial charge in [0.2, 0.25) is 10.0 Å². The van der Waals surface area contributed by atoms with Crippen LogP contribution in [0.3, 0.4) is 0 Å². The Morgan fingerprint density at radius 3 is 2.55 bits per heavy atom. The van der Waals surface area contributed by atoms with Crippen molar-refractivity contribution in [1.82, 2.24) is 14.6 Å². The first-order chi connectivity index (χ1) is 14.9. The normalized spacial score (nSPS) is 15.0. The lowest BCUT2D eigenvalue weighted by Gasteiger charge is -2.32.